The van der Waals surface area contributed by atoms with Crippen molar-refractivity contribution < 1.29 is 75.4 Å². The average Bonchev–Trinajstić information content (AvgIpc) is 3.14. The van der Waals surface area contributed by atoms with Crippen molar-refractivity contribution in [2.24, 2.45) is 10.2 Å². The Morgan fingerprint density at radius 2 is 1.13 bits per heavy atom. The first-order chi connectivity index (χ1) is 29.3. The number of amides is 1. The van der Waals surface area contributed by atoms with Crippen molar-refractivity contribution in [3.8, 4) is 16.9 Å². The number of aromatic hydroxyl groups is 1. The largest absolute Gasteiger partial charge is 0.549 e. The van der Waals surface area contributed by atoms with Gasteiger partial charge in [-0.05, 0) is 72.5 Å². The number of anilines is 2. The van der Waals surface area contributed by atoms with Crippen molar-refractivity contribution in [1.29, 1.82) is 0 Å². The molecule has 0 saturated carbocycles. The number of carboxylic acids is 4. The van der Waals surface area contributed by atoms with Crippen molar-refractivity contribution in [1.82, 2.24) is 14.7 Å². The van der Waals surface area contributed by atoms with Gasteiger partial charge in [0.05, 0.1) is 47.8 Å². The number of nitrogens with one attached hydrogen (secondary N) is 1. The summed E-state index contributed by atoms with van der Waals surface area (Å²) in [5, 5.41) is 63.9. The number of carbonyl (C=O) groups excluding carboxylic acids is 4. The molecule has 0 heterocycles. The van der Waals surface area contributed by atoms with E-state index < -0.39 is 109 Å². The number of nitrogen functional groups attached to an aromatic ring is 1. The van der Waals surface area contributed by atoms with Crippen LogP contribution >= 0.6 is 0 Å². The molecule has 25 heteroatoms. The number of hydrogen-bond acceptors (Lipinski definition) is 19. The molecular weight excluding hydrogens is 875 g/mol. The molecule has 0 aliphatic heterocycles. The van der Waals surface area contributed by atoms with Crippen LogP contribution in [0.5, 0.6) is 5.75 Å². The van der Waals surface area contributed by atoms with Gasteiger partial charge < -0.3 is 51.0 Å². The van der Waals surface area contributed by atoms with Gasteiger partial charge in [-0.25, -0.2) is 0 Å². The summed E-state index contributed by atoms with van der Waals surface area (Å²) in [5.74, 6) is -7.31. The highest BCUT2D eigenvalue weighted by atomic mass is 32.2. The molecule has 0 aliphatic carbocycles. The number of nitrogens with zero attached hydrogens (tertiary/aromatic N) is 5. The Hall–Kier alpha value is -6.61. The van der Waals surface area contributed by atoms with Gasteiger partial charge in [0, 0.05) is 56.9 Å². The van der Waals surface area contributed by atoms with Crippen molar-refractivity contribution in [3.63, 3.8) is 0 Å². The van der Waals surface area contributed by atoms with Gasteiger partial charge in [-0.3, -0.25) is 33.4 Å². The second-order valence-electron chi connectivity index (χ2n) is 14.1. The van der Waals surface area contributed by atoms with Gasteiger partial charge in [-0.1, -0.05) is 18.2 Å². The van der Waals surface area contributed by atoms with Crippen LogP contribution in [-0.4, -0.2) is 140 Å². The number of phenolic OH excluding ortho intramolecular Hbond substituents is 1. The molecule has 0 saturated heterocycles. The van der Waals surface area contributed by atoms with E-state index in [1.807, 2.05) is 0 Å². The van der Waals surface area contributed by atoms with Crippen LogP contribution in [0.2, 0.25) is 0 Å². The highest BCUT2D eigenvalue weighted by Gasteiger charge is 2.27. The molecule has 0 unspecified atom stereocenters. The fourth-order valence-corrected chi connectivity index (χ4v) is 7.83. The third-order valence-electron chi connectivity index (χ3n) is 9.32. The third kappa shape index (κ3) is 13.7. The molecule has 0 spiro atoms. The van der Waals surface area contributed by atoms with Gasteiger partial charge >= 0.3 is 5.97 Å². The smallest absolute Gasteiger partial charge is 0.317 e. The summed E-state index contributed by atoms with van der Waals surface area (Å²) in [4.78, 5) is 59.6. The molecule has 7 N–H and O–H groups in total. The highest BCUT2D eigenvalue weighted by Crippen LogP contribution is 2.44. The Morgan fingerprint density at radius 3 is 1.63 bits per heavy atom. The fourth-order valence-electron chi connectivity index (χ4n) is 6.40. The minimum Gasteiger partial charge on any atom is -0.549 e. The standard InChI is InChI=1S/C38H43N7O16S2/c1-21-13-23(3-6-26(21)40-31(46)16-44(18-33(49)50)11-9-43(17-32(47)48)10-12-45(19-34(51)52)20-35(53)54)24-4-7-27(22(2)14-24)41-42-28-8-5-25-29(62(56,57)58)15-30(63(59,60)61)37(39)36(25)38(28)55/h3-8,13-15,55H,9-12,16-20,39H2,1-2H3,(H,40,46)(H,47,48)(H,49,50)(H,51,52)(H,53,54)(H,56,57,58)(H,59,60,61)/p-3. The summed E-state index contributed by atoms with van der Waals surface area (Å²) in [6.45, 7) is -0.417. The van der Waals surface area contributed by atoms with Crippen LogP contribution in [0.1, 0.15) is 11.1 Å². The van der Waals surface area contributed by atoms with E-state index in [-0.39, 0.29) is 37.3 Å². The summed E-state index contributed by atoms with van der Waals surface area (Å²) in [5.41, 5.74) is 8.23. The molecule has 0 bridgehead atoms. The molecule has 1 amide bonds. The first-order valence-electron chi connectivity index (χ1n) is 18.3. The molecular formula is C38H40N7O16S2-3. The predicted octanol–water partition coefficient (Wildman–Crippen LogP) is -1.50. The predicted molar refractivity (Wildman–Crippen MR) is 216 cm³/mol. The number of rotatable bonds is 22. The van der Waals surface area contributed by atoms with E-state index >= 15 is 0 Å². The monoisotopic (exact) mass is 914 g/mol. The minimum absolute atomic E-state index is 0.129. The fraction of sp³-hybridized carbons (Fsp3) is 0.289. The molecule has 0 aromatic heterocycles. The van der Waals surface area contributed by atoms with E-state index in [1.54, 1.807) is 50.2 Å². The van der Waals surface area contributed by atoms with Crippen molar-refractivity contribution in [3.05, 3.63) is 65.7 Å². The van der Waals surface area contributed by atoms with E-state index in [4.69, 9.17) is 10.8 Å². The van der Waals surface area contributed by atoms with Gasteiger partial charge in [-0.2, -0.15) is 21.9 Å². The highest BCUT2D eigenvalue weighted by molar-refractivity contribution is 7.87. The molecule has 63 heavy (non-hydrogen) atoms. The topological polar surface area (TPSA) is 376 Å². The number of fused-ring (bicyclic) bond motifs is 1. The number of azo groups is 1. The maximum absolute atomic E-state index is 13.1. The zero-order chi connectivity index (χ0) is 47.0. The molecule has 0 radical (unpaired) electrons. The normalized spacial score (nSPS) is 12.1. The quantitative estimate of drug-likeness (QED) is 0.0297. The zero-order valence-electron chi connectivity index (χ0n) is 33.4. The Labute approximate surface area is 359 Å². The van der Waals surface area contributed by atoms with Crippen molar-refractivity contribution >= 4 is 83.5 Å². The summed E-state index contributed by atoms with van der Waals surface area (Å²) < 4.78 is 67.2. The van der Waals surface area contributed by atoms with Crippen LogP contribution < -0.4 is 26.4 Å². The van der Waals surface area contributed by atoms with Crippen LogP contribution in [0.3, 0.4) is 0 Å². The van der Waals surface area contributed by atoms with Crippen LogP contribution in [0, 0.1) is 13.8 Å². The molecule has 338 valence electrons. The number of aliphatic carboxylic acids is 4. The Kier molecular flexibility index (Phi) is 16.0. The van der Waals surface area contributed by atoms with Crippen LogP contribution in [0.25, 0.3) is 21.9 Å². The molecule has 4 rings (SSSR count). The zero-order valence-corrected chi connectivity index (χ0v) is 35.0. The molecule has 23 nitrogen and oxygen atoms in total. The summed E-state index contributed by atoms with van der Waals surface area (Å²) in [6, 6.07) is 12.8. The van der Waals surface area contributed by atoms with E-state index in [9.17, 15) is 70.3 Å². The first-order valence-corrected chi connectivity index (χ1v) is 21.2. The lowest BCUT2D eigenvalue weighted by Gasteiger charge is -2.30. The number of benzene rings is 4. The van der Waals surface area contributed by atoms with Gasteiger partial charge in [0.25, 0.3) is 20.2 Å². The minimum atomic E-state index is -5.11. The van der Waals surface area contributed by atoms with Gasteiger partial charge in [0.1, 0.15) is 15.5 Å². The van der Waals surface area contributed by atoms with E-state index in [2.05, 4.69) is 15.5 Å². The number of nitrogens with two attached hydrogens (primary N) is 1. The number of carboxylic acid groups (broad SMARTS) is 4. The van der Waals surface area contributed by atoms with Crippen molar-refractivity contribution in [2.45, 2.75) is 23.6 Å². The maximum atomic E-state index is 13.1. The van der Waals surface area contributed by atoms with Gasteiger partial charge in [0.15, 0.2) is 5.75 Å². The SMILES string of the molecule is Cc1cc(-c2ccc(NC(=O)CN(CCN(CCN(CC(=O)[O-])CC(=O)O)CC(=O)[O-])CC(=O)[O-])c(C)c2)ccc1N=Nc1ccc2c(S(=O)(=O)O)cc(S(=O)(=O)O)c(N)c2c1O. The first kappa shape index (κ1) is 49.0. The van der Waals surface area contributed by atoms with Gasteiger partial charge in [0.2, 0.25) is 5.91 Å². The number of hydrogen-bond donors (Lipinski definition) is 6. The second kappa shape index (κ2) is 20.5. The Bertz CT molecular complexity index is 2690. The van der Waals surface area contributed by atoms with E-state index in [1.165, 1.54) is 9.80 Å². The van der Waals surface area contributed by atoms with E-state index in [0.717, 1.165) is 17.0 Å². The molecule has 4 aromatic carbocycles. The maximum Gasteiger partial charge on any atom is 0.317 e. The third-order valence-corrected chi connectivity index (χ3v) is 11.1. The summed E-state index contributed by atoms with van der Waals surface area (Å²) >= 11 is 0. The molecule has 0 atom stereocenters. The average molecular weight is 915 g/mol. The van der Waals surface area contributed by atoms with Gasteiger partial charge in [-0.15, -0.1) is 5.11 Å². The van der Waals surface area contributed by atoms with Crippen molar-refractivity contribution in [2.75, 3.05) is 70.0 Å². The summed E-state index contributed by atoms with van der Waals surface area (Å²) in [6.07, 6.45) is 0. The molecule has 0 fully saturated rings. The Balaban J connectivity index is 1.47. The number of aryl methyl sites for hydroxylation is 2. The van der Waals surface area contributed by atoms with E-state index in [0.29, 0.717) is 39.7 Å². The van der Waals surface area contributed by atoms with Crippen LogP contribution in [0.15, 0.2) is 74.6 Å². The summed E-state index contributed by atoms with van der Waals surface area (Å²) in [7, 11) is -10.2. The lowest BCUT2D eigenvalue weighted by Crippen LogP contribution is -2.49. The van der Waals surface area contributed by atoms with Crippen LogP contribution in [-0.2, 0) is 44.2 Å². The molecule has 0 aliphatic rings. The van der Waals surface area contributed by atoms with Crippen LogP contribution in [0.4, 0.5) is 22.7 Å². The lowest BCUT2D eigenvalue weighted by molar-refractivity contribution is -0.308. The Morgan fingerprint density at radius 1 is 0.651 bits per heavy atom. The number of phenols is 1. The second-order valence-corrected chi connectivity index (χ2v) is 16.9. The lowest BCUT2D eigenvalue weighted by atomic mass is 10.00. The number of carbonyl (C=O) groups is 5. The molecule has 4 aromatic rings.